The van der Waals surface area contributed by atoms with Crippen LogP contribution in [0.3, 0.4) is 0 Å². The Bertz CT molecular complexity index is 439. The van der Waals surface area contributed by atoms with Crippen molar-refractivity contribution in [2.75, 3.05) is 40.1 Å². The lowest BCUT2D eigenvalue weighted by atomic mass is 10.00. The summed E-state index contributed by atoms with van der Waals surface area (Å²) in [6.45, 7) is 4.63. The molecular formula is C14H23N3O4. The van der Waals surface area contributed by atoms with E-state index in [4.69, 9.17) is 18.9 Å². The van der Waals surface area contributed by atoms with E-state index in [1.54, 1.807) is 7.11 Å². The van der Waals surface area contributed by atoms with Crippen LogP contribution in [0.25, 0.3) is 0 Å². The van der Waals surface area contributed by atoms with E-state index in [1.807, 2.05) is 4.68 Å². The summed E-state index contributed by atoms with van der Waals surface area (Å²) in [6.07, 6.45) is 2.01. The van der Waals surface area contributed by atoms with Crippen molar-refractivity contribution in [2.45, 2.75) is 38.0 Å². The molecule has 0 radical (unpaired) electrons. The lowest BCUT2D eigenvalue weighted by molar-refractivity contribution is -0.0951. The number of nitrogens with zero attached hydrogens (tertiary/aromatic N) is 3. The van der Waals surface area contributed by atoms with Gasteiger partial charge in [-0.3, -0.25) is 0 Å². The second-order valence-corrected chi connectivity index (χ2v) is 5.46. The highest BCUT2D eigenvalue weighted by atomic mass is 16.6. The zero-order valence-electron chi connectivity index (χ0n) is 12.5. The fraction of sp³-hybridized carbons (Fsp3) is 0.857. The van der Waals surface area contributed by atoms with E-state index in [1.165, 1.54) is 0 Å². The molecule has 1 aromatic heterocycles. The highest BCUT2D eigenvalue weighted by molar-refractivity contribution is 5.00. The largest absolute Gasteiger partial charge is 0.381 e. The van der Waals surface area contributed by atoms with Gasteiger partial charge in [-0.1, -0.05) is 0 Å². The van der Waals surface area contributed by atoms with Gasteiger partial charge in [0, 0.05) is 26.2 Å². The molecule has 0 amide bonds. The van der Waals surface area contributed by atoms with Gasteiger partial charge in [-0.05, 0) is 12.8 Å². The monoisotopic (exact) mass is 297 g/mol. The smallest absolute Gasteiger partial charge is 0.154 e. The summed E-state index contributed by atoms with van der Waals surface area (Å²) < 4.78 is 23.7. The van der Waals surface area contributed by atoms with Gasteiger partial charge < -0.3 is 18.9 Å². The summed E-state index contributed by atoms with van der Waals surface area (Å²) in [4.78, 5) is 4.66. The van der Waals surface area contributed by atoms with E-state index in [9.17, 15) is 0 Å². The first kappa shape index (κ1) is 14.9. The molecule has 0 aromatic carbocycles. The van der Waals surface area contributed by atoms with E-state index in [0.717, 1.165) is 37.7 Å². The summed E-state index contributed by atoms with van der Waals surface area (Å²) in [5, 5.41) is 4.68. The van der Waals surface area contributed by atoms with Crippen molar-refractivity contribution in [3.63, 3.8) is 0 Å². The molecule has 7 heteroatoms. The van der Waals surface area contributed by atoms with Gasteiger partial charge in [-0.25, -0.2) is 9.67 Å². The zero-order chi connectivity index (χ0) is 14.5. The molecule has 3 rings (SSSR count). The maximum Gasteiger partial charge on any atom is 0.154 e. The van der Waals surface area contributed by atoms with Gasteiger partial charge in [-0.15, -0.1) is 0 Å². The van der Waals surface area contributed by atoms with Crippen molar-refractivity contribution in [1.82, 2.24) is 14.8 Å². The first-order chi connectivity index (χ1) is 10.4. The second kappa shape index (κ2) is 7.31. The molecule has 2 aliphatic heterocycles. The van der Waals surface area contributed by atoms with Crippen LogP contribution in [0, 0.1) is 0 Å². The van der Waals surface area contributed by atoms with Gasteiger partial charge >= 0.3 is 0 Å². The van der Waals surface area contributed by atoms with Crippen molar-refractivity contribution in [1.29, 1.82) is 0 Å². The topological polar surface area (TPSA) is 67.6 Å². The maximum atomic E-state index is 5.70. The van der Waals surface area contributed by atoms with Crippen LogP contribution >= 0.6 is 0 Å². The van der Waals surface area contributed by atoms with Crippen LogP contribution in [0.4, 0.5) is 0 Å². The third kappa shape index (κ3) is 3.79. The van der Waals surface area contributed by atoms with Crippen molar-refractivity contribution >= 4 is 0 Å². The quantitative estimate of drug-likeness (QED) is 0.798. The Labute approximate surface area is 124 Å². The van der Waals surface area contributed by atoms with Crippen LogP contribution in [-0.2, 0) is 32.1 Å². The van der Waals surface area contributed by atoms with Crippen LogP contribution < -0.4 is 0 Å². The minimum atomic E-state index is 0.0404. The molecule has 2 saturated heterocycles. The molecule has 0 saturated carbocycles. The molecule has 0 N–H and O–H groups in total. The molecule has 2 aliphatic rings. The molecule has 0 bridgehead atoms. The van der Waals surface area contributed by atoms with Gasteiger partial charge in [0.1, 0.15) is 12.7 Å². The average Bonchev–Trinajstić information content (AvgIpc) is 2.93. The molecule has 1 atom stereocenters. The van der Waals surface area contributed by atoms with Crippen molar-refractivity contribution in [2.24, 2.45) is 0 Å². The van der Waals surface area contributed by atoms with Crippen LogP contribution in [0.15, 0.2) is 0 Å². The Kier molecular flexibility index (Phi) is 5.18. The Morgan fingerprint density at radius 1 is 1.19 bits per heavy atom. The van der Waals surface area contributed by atoms with Crippen LogP contribution in [-0.4, -0.2) is 61.0 Å². The summed E-state index contributed by atoms with van der Waals surface area (Å²) in [5.74, 6) is 2.15. The van der Waals surface area contributed by atoms with E-state index < -0.39 is 0 Å². The molecule has 0 spiro atoms. The Balaban J connectivity index is 1.71. The first-order valence-corrected chi connectivity index (χ1v) is 7.56. The minimum Gasteiger partial charge on any atom is -0.381 e. The average molecular weight is 297 g/mol. The molecular weight excluding hydrogens is 274 g/mol. The molecule has 7 nitrogen and oxygen atoms in total. The fourth-order valence-electron chi connectivity index (χ4n) is 2.74. The maximum absolute atomic E-state index is 5.70. The standard InChI is InChI=1S/C14H23N3O4/c1-18-10-13-15-14(11-2-4-19-5-3-11)16-17(13)8-12-9-20-6-7-21-12/h11-12H,2-10H2,1H3. The lowest BCUT2D eigenvalue weighted by Crippen LogP contribution is -2.33. The zero-order valence-corrected chi connectivity index (χ0v) is 12.5. The molecule has 3 heterocycles. The van der Waals surface area contributed by atoms with Crippen LogP contribution in [0.1, 0.15) is 30.4 Å². The molecule has 21 heavy (non-hydrogen) atoms. The number of ether oxygens (including phenoxy) is 4. The van der Waals surface area contributed by atoms with Gasteiger partial charge in [0.2, 0.25) is 0 Å². The number of hydrogen-bond acceptors (Lipinski definition) is 6. The van der Waals surface area contributed by atoms with Crippen LogP contribution in [0.5, 0.6) is 0 Å². The third-order valence-corrected chi connectivity index (χ3v) is 3.89. The number of rotatable bonds is 5. The molecule has 0 aliphatic carbocycles. The Hall–Kier alpha value is -1.02. The third-order valence-electron chi connectivity index (χ3n) is 3.89. The summed E-state index contributed by atoms with van der Waals surface area (Å²) in [5.41, 5.74) is 0. The van der Waals surface area contributed by atoms with Crippen molar-refractivity contribution in [3.05, 3.63) is 11.6 Å². The van der Waals surface area contributed by atoms with Gasteiger partial charge in [0.15, 0.2) is 11.6 Å². The van der Waals surface area contributed by atoms with Crippen molar-refractivity contribution < 1.29 is 18.9 Å². The normalized spacial score (nSPS) is 24.3. The highest BCUT2D eigenvalue weighted by Gasteiger charge is 2.24. The van der Waals surface area contributed by atoms with Gasteiger partial charge in [0.05, 0.1) is 26.4 Å². The summed E-state index contributed by atoms with van der Waals surface area (Å²) in [6, 6.07) is 0. The Morgan fingerprint density at radius 2 is 2.05 bits per heavy atom. The van der Waals surface area contributed by atoms with Crippen molar-refractivity contribution in [3.8, 4) is 0 Å². The molecule has 2 fully saturated rings. The lowest BCUT2D eigenvalue weighted by Gasteiger charge is -2.23. The summed E-state index contributed by atoms with van der Waals surface area (Å²) in [7, 11) is 1.67. The van der Waals surface area contributed by atoms with E-state index in [-0.39, 0.29) is 6.10 Å². The second-order valence-electron chi connectivity index (χ2n) is 5.46. The molecule has 1 unspecified atom stereocenters. The fourth-order valence-corrected chi connectivity index (χ4v) is 2.74. The van der Waals surface area contributed by atoms with E-state index in [2.05, 4.69) is 10.1 Å². The van der Waals surface area contributed by atoms with E-state index >= 15 is 0 Å². The number of aromatic nitrogens is 3. The highest BCUT2D eigenvalue weighted by Crippen LogP contribution is 2.24. The predicted molar refractivity (Wildman–Crippen MR) is 74.1 cm³/mol. The van der Waals surface area contributed by atoms with E-state index in [0.29, 0.717) is 38.9 Å². The number of methoxy groups -OCH3 is 1. The minimum absolute atomic E-state index is 0.0404. The van der Waals surface area contributed by atoms with Crippen LogP contribution in [0.2, 0.25) is 0 Å². The Morgan fingerprint density at radius 3 is 2.76 bits per heavy atom. The SMILES string of the molecule is COCc1nc(C2CCOCC2)nn1CC1COCCO1. The van der Waals surface area contributed by atoms with Gasteiger partial charge in [0.25, 0.3) is 0 Å². The summed E-state index contributed by atoms with van der Waals surface area (Å²) >= 11 is 0. The predicted octanol–water partition coefficient (Wildman–Crippen LogP) is 0.734. The van der Waals surface area contributed by atoms with Gasteiger partial charge in [-0.2, -0.15) is 5.10 Å². The molecule has 118 valence electrons. The number of hydrogen-bond donors (Lipinski definition) is 0. The molecule has 1 aromatic rings. The first-order valence-electron chi connectivity index (χ1n) is 7.56.